The highest BCUT2D eigenvalue weighted by Crippen LogP contribution is 2.26. The summed E-state index contributed by atoms with van der Waals surface area (Å²) in [5, 5.41) is 11.3. The maximum atomic E-state index is 12.6. The minimum atomic E-state index is -0.156. The normalized spacial score (nSPS) is 16.3. The number of para-hydroxylation sites is 1. The topological polar surface area (TPSA) is 72.3 Å². The summed E-state index contributed by atoms with van der Waals surface area (Å²) < 4.78 is 7.57. The molecule has 1 aromatic heterocycles. The number of urea groups is 1. The molecule has 0 radical (unpaired) electrons. The number of amides is 2. The lowest BCUT2D eigenvalue weighted by Crippen LogP contribution is -2.34. The summed E-state index contributed by atoms with van der Waals surface area (Å²) in [6.07, 6.45) is 4.04. The first kappa shape index (κ1) is 17.4. The third-order valence-electron chi connectivity index (χ3n) is 4.35. The molecule has 138 valence electrons. The van der Waals surface area contributed by atoms with E-state index in [9.17, 15) is 4.79 Å². The quantitative estimate of drug-likeness (QED) is 0.747. The number of nitrogens with one attached hydrogen (secondary N) is 1. The molecule has 7 nitrogen and oxygen atoms in total. The highest BCUT2D eigenvalue weighted by Gasteiger charge is 2.28. The van der Waals surface area contributed by atoms with Crippen LogP contribution in [0, 0.1) is 0 Å². The van der Waals surface area contributed by atoms with Crippen LogP contribution in [-0.4, -0.2) is 45.1 Å². The maximum Gasteiger partial charge on any atom is 0.321 e. The van der Waals surface area contributed by atoms with Crippen LogP contribution in [-0.2, 0) is 0 Å². The molecule has 1 aliphatic rings. The van der Waals surface area contributed by atoms with Gasteiger partial charge < -0.3 is 15.0 Å². The molecule has 1 saturated heterocycles. The van der Waals surface area contributed by atoms with Crippen molar-refractivity contribution in [2.75, 3.05) is 18.4 Å². The SMILES string of the molecule is O=C(Nc1cccc(-n2ccnn2)c1)N1CCC(Oc2ccccc2Cl)C1. The number of hydrogen-bond donors (Lipinski definition) is 1. The van der Waals surface area contributed by atoms with Crippen LogP contribution in [0.5, 0.6) is 5.75 Å². The Hall–Kier alpha value is -3.06. The molecule has 2 amide bonds. The van der Waals surface area contributed by atoms with Gasteiger partial charge in [0.2, 0.25) is 0 Å². The van der Waals surface area contributed by atoms with Gasteiger partial charge in [-0.3, -0.25) is 0 Å². The standard InChI is InChI=1S/C19H18ClN5O2/c20-17-6-1-2-7-18(17)27-16-8-10-24(13-16)19(26)22-14-4-3-5-15(12-14)25-11-9-21-23-25/h1-7,9,11-12,16H,8,10,13H2,(H,22,26). The van der Waals surface area contributed by atoms with E-state index in [1.54, 1.807) is 28.0 Å². The molecular weight excluding hydrogens is 366 g/mol. The largest absolute Gasteiger partial charge is 0.487 e. The third-order valence-corrected chi connectivity index (χ3v) is 4.66. The number of rotatable bonds is 4. The zero-order chi connectivity index (χ0) is 18.6. The molecule has 0 bridgehead atoms. The van der Waals surface area contributed by atoms with Gasteiger partial charge in [0.25, 0.3) is 0 Å². The lowest BCUT2D eigenvalue weighted by atomic mass is 10.3. The van der Waals surface area contributed by atoms with Gasteiger partial charge in [0.1, 0.15) is 11.9 Å². The minimum absolute atomic E-state index is 0.0721. The van der Waals surface area contributed by atoms with Crippen LogP contribution in [0.1, 0.15) is 6.42 Å². The number of likely N-dealkylation sites (tertiary alicyclic amines) is 1. The van der Waals surface area contributed by atoms with Crippen molar-refractivity contribution in [3.8, 4) is 11.4 Å². The second-order valence-corrected chi connectivity index (χ2v) is 6.64. The summed E-state index contributed by atoms with van der Waals surface area (Å²) in [7, 11) is 0. The first-order chi connectivity index (χ1) is 13.2. The van der Waals surface area contributed by atoms with Crippen molar-refractivity contribution >= 4 is 23.3 Å². The van der Waals surface area contributed by atoms with E-state index in [-0.39, 0.29) is 12.1 Å². The van der Waals surface area contributed by atoms with Crippen molar-refractivity contribution in [1.29, 1.82) is 0 Å². The number of carbonyl (C=O) groups is 1. The first-order valence-corrected chi connectivity index (χ1v) is 9.01. The Kier molecular flexibility index (Phi) is 4.93. The number of nitrogens with zero attached hydrogens (tertiary/aromatic N) is 4. The number of anilines is 1. The molecule has 0 saturated carbocycles. The van der Waals surface area contributed by atoms with Gasteiger partial charge in [0.05, 0.1) is 29.6 Å². The number of benzene rings is 2. The van der Waals surface area contributed by atoms with E-state index in [2.05, 4.69) is 15.6 Å². The van der Waals surface area contributed by atoms with E-state index in [4.69, 9.17) is 16.3 Å². The van der Waals surface area contributed by atoms with Crippen molar-refractivity contribution < 1.29 is 9.53 Å². The Morgan fingerprint density at radius 2 is 2.11 bits per heavy atom. The lowest BCUT2D eigenvalue weighted by Gasteiger charge is -2.18. The summed E-state index contributed by atoms with van der Waals surface area (Å²) in [6.45, 7) is 1.14. The van der Waals surface area contributed by atoms with E-state index in [1.807, 2.05) is 42.5 Å². The average molecular weight is 384 g/mol. The van der Waals surface area contributed by atoms with Crippen LogP contribution in [0.3, 0.4) is 0 Å². The van der Waals surface area contributed by atoms with Gasteiger partial charge in [-0.1, -0.05) is 35.0 Å². The maximum absolute atomic E-state index is 12.6. The van der Waals surface area contributed by atoms with Gasteiger partial charge >= 0.3 is 6.03 Å². The van der Waals surface area contributed by atoms with E-state index < -0.39 is 0 Å². The molecule has 1 N–H and O–H groups in total. The Morgan fingerprint density at radius 3 is 2.93 bits per heavy atom. The summed E-state index contributed by atoms with van der Waals surface area (Å²) in [5.41, 5.74) is 1.52. The number of hydrogen-bond acceptors (Lipinski definition) is 4. The molecule has 1 atom stereocenters. The number of ether oxygens (including phenoxy) is 1. The van der Waals surface area contributed by atoms with Crippen LogP contribution in [0.2, 0.25) is 5.02 Å². The summed E-state index contributed by atoms with van der Waals surface area (Å²) in [5.74, 6) is 0.645. The van der Waals surface area contributed by atoms with E-state index in [0.717, 1.165) is 12.1 Å². The summed E-state index contributed by atoms with van der Waals surface area (Å²) in [6, 6.07) is 14.6. The van der Waals surface area contributed by atoms with Crippen molar-refractivity contribution in [2.45, 2.75) is 12.5 Å². The molecule has 8 heteroatoms. The second-order valence-electron chi connectivity index (χ2n) is 6.23. The monoisotopic (exact) mass is 383 g/mol. The fourth-order valence-electron chi connectivity index (χ4n) is 3.00. The van der Waals surface area contributed by atoms with Crippen LogP contribution in [0.25, 0.3) is 5.69 Å². The minimum Gasteiger partial charge on any atom is -0.487 e. The van der Waals surface area contributed by atoms with Crippen molar-refractivity contribution in [2.24, 2.45) is 0 Å². The molecular formula is C19H18ClN5O2. The summed E-state index contributed by atoms with van der Waals surface area (Å²) in [4.78, 5) is 14.3. The third kappa shape index (κ3) is 4.03. The highest BCUT2D eigenvalue weighted by atomic mass is 35.5. The first-order valence-electron chi connectivity index (χ1n) is 8.63. The van der Waals surface area contributed by atoms with Gasteiger partial charge in [-0.15, -0.1) is 5.10 Å². The van der Waals surface area contributed by atoms with E-state index >= 15 is 0 Å². The molecule has 3 aromatic rings. The van der Waals surface area contributed by atoms with Crippen molar-refractivity contribution in [3.63, 3.8) is 0 Å². The van der Waals surface area contributed by atoms with Crippen molar-refractivity contribution in [1.82, 2.24) is 19.9 Å². The van der Waals surface area contributed by atoms with E-state index in [0.29, 0.717) is 29.5 Å². The smallest absolute Gasteiger partial charge is 0.321 e. The molecule has 0 spiro atoms. The predicted octanol–water partition coefficient (Wildman–Crippen LogP) is 3.61. The van der Waals surface area contributed by atoms with Crippen LogP contribution < -0.4 is 10.1 Å². The van der Waals surface area contributed by atoms with Crippen LogP contribution >= 0.6 is 11.6 Å². The average Bonchev–Trinajstić information content (AvgIpc) is 3.36. The lowest BCUT2D eigenvalue weighted by molar-refractivity contribution is 0.195. The molecule has 0 aliphatic carbocycles. The fourth-order valence-corrected chi connectivity index (χ4v) is 3.18. The molecule has 1 aliphatic heterocycles. The summed E-state index contributed by atoms with van der Waals surface area (Å²) >= 11 is 6.14. The zero-order valence-electron chi connectivity index (χ0n) is 14.5. The second kappa shape index (κ2) is 7.67. The van der Waals surface area contributed by atoms with Gasteiger partial charge in [-0.25, -0.2) is 9.48 Å². The van der Waals surface area contributed by atoms with Crippen LogP contribution in [0.15, 0.2) is 60.9 Å². The number of carbonyl (C=O) groups excluding carboxylic acids is 1. The molecule has 2 heterocycles. The number of aromatic nitrogens is 3. The molecule has 2 aromatic carbocycles. The number of halogens is 1. The van der Waals surface area contributed by atoms with Crippen LogP contribution in [0.4, 0.5) is 10.5 Å². The Balaban J connectivity index is 1.37. The van der Waals surface area contributed by atoms with Gasteiger partial charge in [0.15, 0.2) is 0 Å². The molecule has 4 rings (SSSR count). The molecule has 1 unspecified atom stereocenters. The Bertz CT molecular complexity index is 931. The van der Waals surface area contributed by atoms with E-state index in [1.165, 1.54) is 0 Å². The molecule has 27 heavy (non-hydrogen) atoms. The van der Waals surface area contributed by atoms with Crippen molar-refractivity contribution in [3.05, 3.63) is 65.9 Å². The highest BCUT2D eigenvalue weighted by molar-refractivity contribution is 6.32. The van der Waals surface area contributed by atoms with Gasteiger partial charge in [0, 0.05) is 18.7 Å². The zero-order valence-corrected chi connectivity index (χ0v) is 15.2. The predicted molar refractivity (Wildman–Crippen MR) is 102 cm³/mol. The molecule has 1 fully saturated rings. The van der Waals surface area contributed by atoms with Gasteiger partial charge in [-0.2, -0.15) is 0 Å². The fraction of sp³-hybridized carbons (Fsp3) is 0.211. The Labute approximate surface area is 161 Å². The van der Waals surface area contributed by atoms with Gasteiger partial charge in [-0.05, 0) is 30.3 Å². The Morgan fingerprint density at radius 1 is 1.22 bits per heavy atom.